The first-order chi connectivity index (χ1) is 9.34. The van der Waals surface area contributed by atoms with Crippen molar-refractivity contribution in [1.29, 1.82) is 0 Å². The van der Waals surface area contributed by atoms with Crippen molar-refractivity contribution in [2.45, 2.75) is 83.6 Å². The van der Waals surface area contributed by atoms with Crippen molar-refractivity contribution in [3.8, 4) is 0 Å². The van der Waals surface area contributed by atoms with Crippen LogP contribution in [0.15, 0.2) is 5.38 Å². The third kappa shape index (κ3) is 8.32. The van der Waals surface area contributed by atoms with E-state index in [2.05, 4.69) is 16.5 Å². The van der Waals surface area contributed by atoms with Crippen molar-refractivity contribution in [3.63, 3.8) is 0 Å². The Morgan fingerprint density at radius 1 is 1.00 bits per heavy atom. The van der Waals surface area contributed by atoms with Crippen LogP contribution in [0.3, 0.4) is 0 Å². The van der Waals surface area contributed by atoms with Crippen LogP contribution in [0.4, 0.5) is 0 Å². The molecule has 1 aromatic rings. The van der Waals surface area contributed by atoms with E-state index in [1.54, 1.807) is 0 Å². The van der Waals surface area contributed by atoms with Crippen molar-refractivity contribution in [3.05, 3.63) is 11.1 Å². The molecular weight excluding hydrogens is 254 g/mol. The average Bonchev–Trinajstić information content (AvgIpc) is 2.95. The third-order valence-corrected chi connectivity index (χ3v) is 4.15. The van der Waals surface area contributed by atoms with E-state index in [4.69, 9.17) is 5.73 Å². The maximum atomic E-state index is 6.05. The molecule has 0 aliphatic rings. The topological polar surface area (TPSA) is 51.8 Å². The van der Waals surface area contributed by atoms with E-state index in [1.807, 2.05) is 5.38 Å². The zero-order chi connectivity index (χ0) is 13.8. The Morgan fingerprint density at radius 2 is 1.58 bits per heavy atom. The molecule has 0 aromatic carbocycles. The summed E-state index contributed by atoms with van der Waals surface area (Å²) in [6.45, 7) is 2.27. The molecule has 0 bridgehead atoms. The van der Waals surface area contributed by atoms with Gasteiger partial charge >= 0.3 is 0 Å². The summed E-state index contributed by atoms with van der Waals surface area (Å²) in [5.74, 6) is 0. The van der Waals surface area contributed by atoms with E-state index in [-0.39, 0.29) is 6.04 Å². The number of rotatable bonds is 12. The van der Waals surface area contributed by atoms with Crippen LogP contribution in [0.5, 0.6) is 0 Å². The van der Waals surface area contributed by atoms with Gasteiger partial charge in [0.05, 0.1) is 5.69 Å². The molecule has 0 saturated heterocycles. The summed E-state index contributed by atoms with van der Waals surface area (Å²) in [6.07, 6.45) is 14.7. The molecule has 0 spiro atoms. The monoisotopic (exact) mass is 283 g/mol. The number of aromatic nitrogens is 2. The van der Waals surface area contributed by atoms with Gasteiger partial charge in [0, 0.05) is 11.4 Å². The minimum Gasteiger partial charge on any atom is -0.323 e. The lowest BCUT2D eigenvalue weighted by atomic mass is 10.0. The molecule has 0 fully saturated rings. The largest absolute Gasteiger partial charge is 0.323 e. The summed E-state index contributed by atoms with van der Waals surface area (Å²) in [4.78, 5) is 0. The first-order valence-corrected chi connectivity index (χ1v) is 8.70. The molecule has 0 aliphatic heterocycles. The maximum absolute atomic E-state index is 6.05. The van der Waals surface area contributed by atoms with Gasteiger partial charge in [0.25, 0.3) is 0 Å². The van der Waals surface area contributed by atoms with E-state index in [0.717, 1.165) is 12.1 Å². The van der Waals surface area contributed by atoms with E-state index < -0.39 is 0 Å². The number of nitrogens with two attached hydrogens (primary N) is 1. The Balaban J connectivity index is 1.83. The van der Waals surface area contributed by atoms with Crippen molar-refractivity contribution >= 4 is 11.5 Å². The van der Waals surface area contributed by atoms with Crippen LogP contribution < -0.4 is 5.73 Å². The third-order valence-electron chi connectivity index (χ3n) is 3.63. The Kier molecular flexibility index (Phi) is 9.91. The Hall–Kier alpha value is -0.480. The molecule has 110 valence electrons. The average molecular weight is 283 g/mol. The second-order valence-corrected chi connectivity index (χ2v) is 6.02. The van der Waals surface area contributed by atoms with Gasteiger partial charge in [0.2, 0.25) is 0 Å². The molecule has 19 heavy (non-hydrogen) atoms. The van der Waals surface area contributed by atoms with Gasteiger partial charge in [-0.15, -0.1) is 5.10 Å². The van der Waals surface area contributed by atoms with Gasteiger partial charge in [-0.1, -0.05) is 75.6 Å². The van der Waals surface area contributed by atoms with Crippen LogP contribution in [0, 0.1) is 0 Å². The standard InChI is InChI=1S/C15H29N3S/c1-2-3-4-5-6-7-8-9-10-11-12-14(16)15-13-19-18-17-15/h13-14H,2-12,16H2,1H3. The molecule has 1 rings (SSSR count). The lowest BCUT2D eigenvalue weighted by Gasteiger charge is -2.07. The quantitative estimate of drug-likeness (QED) is 0.558. The molecule has 2 N–H and O–H groups in total. The predicted octanol–water partition coefficient (Wildman–Crippen LogP) is 4.85. The minimum absolute atomic E-state index is 0.0905. The lowest BCUT2D eigenvalue weighted by molar-refractivity contribution is 0.525. The molecule has 0 amide bonds. The first-order valence-electron chi connectivity index (χ1n) is 7.87. The number of hydrogen-bond acceptors (Lipinski definition) is 4. The molecule has 1 atom stereocenters. The number of hydrogen-bond donors (Lipinski definition) is 1. The zero-order valence-corrected chi connectivity index (χ0v) is 13.1. The van der Waals surface area contributed by atoms with Crippen molar-refractivity contribution < 1.29 is 0 Å². The highest BCUT2D eigenvalue weighted by atomic mass is 32.1. The fraction of sp³-hybridized carbons (Fsp3) is 0.867. The van der Waals surface area contributed by atoms with Crippen molar-refractivity contribution in [1.82, 2.24) is 9.59 Å². The summed E-state index contributed by atoms with van der Waals surface area (Å²) in [5.41, 5.74) is 7.01. The summed E-state index contributed by atoms with van der Waals surface area (Å²) >= 11 is 1.39. The number of unbranched alkanes of at least 4 members (excludes halogenated alkanes) is 9. The predicted molar refractivity (Wildman–Crippen MR) is 83.3 cm³/mol. The van der Waals surface area contributed by atoms with E-state index >= 15 is 0 Å². The first kappa shape index (κ1) is 16.6. The fourth-order valence-electron chi connectivity index (χ4n) is 2.33. The highest BCUT2D eigenvalue weighted by molar-refractivity contribution is 7.03. The SMILES string of the molecule is CCCCCCCCCCCCC(N)c1csnn1. The van der Waals surface area contributed by atoms with Gasteiger partial charge in [-0.3, -0.25) is 0 Å². The Labute approximate surface area is 122 Å². The molecular formula is C15H29N3S. The van der Waals surface area contributed by atoms with E-state index in [9.17, 15) is 0 Å². The summed E-state index contributed by atoms with van der Waals surface area (Å²) in [6, 6.07) is 0.0905. The zero-order valence-electron chi connectivity index (χ0n) is 12.3. The van der Waals surface area contributed by atoms with Crippen molar-refractivity contribution in [2.24, 2.45) is 5.73 Å². The van der Waals surface area contributed by atoms with E-state index in [0.29, 0.717) is 0 Å². The normalized spacial score (nSPS) is 12.7. The second-order valence-electron chi connectivity index (χ2n) is 5.41. The van der Waals surface area contributed by atoms with Gasteiger partial charge in [-0.25, -0.2) is 0 Å². The van der Waals surface area contributed by atoms with Gasteiger partial charge in [0.1, 0.15) is 0 Å². The van der Waals surface area contributed by atoms with Gasteiger partial charge in [-0.2, -0.15) is 0 Å². The van der Waals surface area contributed by atoms with Gasteiger partial charge in [0.15, 0.2) is 0 Å². The Morgan fingerprint density at radius 3 is 2.11 bits per heavy atom. The molecule has 4 heteroatoms. The van der Waals surface area contributed by atoms with Crippen LogP contribution in [0.25, 0.3) is 0 Å². The molecule has 1 aromatic heterocycles. The minimum atomic E-state index is 0.0905. The lowest BCUT2D eigenvalue weighted by Crippen LogP contribution is -2.10. The van der Waals surface area contributed by atoms with Gasteiger partial charge < -0.3 is 5.73 Å². The second kappa shape index (κ2) is 11.4. The molecule has 1 unspecified atom stereocenters. The van der Waals surface area contributed by atoms with Gasteiger partial charge in [-0.05, 0) is 18.0 Å². The fourth-order valence-corrected chi connectivity index (χ4v) is 2.85. The molecule has 3 nitrogen and oxygen atoms in total. The summed E-state index contributed by atoms with van der Waals surface area (Å²) in [5, 5.41) is 5.98. The smallest absolute Gasteiger partial charge is 0.0922 e. The van der Waals surface area contributed by atoms with Crippen LogP contribution >= 0.6 is 11.5 Å². The van der Waals surface area contributed by atoms with Crippen LogP contribution in [0.1, 0.15) is 89.3 Å². The summed E-state index contributed by atoms with van der Waals surface area (Å²) < 4.78 is 3.85. The molecule has 0 radical (unpaired) electrons. The van der Waals surface area contributed by atoms with E-state index in [1.165, 1.54) is 75.7 Å². The highest BCUT2D eigenvalue weighted by Crippen LogP contribution is 2.17. The highest BCUT2D eigenvalue weighted by Gasteiger charge is 2.07. The molecule has 0 saturated carbocycles. The Bertz CT molecular complexity index is 288. The molecule has 1 heterocycles. The van der Waals surface area contributed by atoms with Crippen LogP contribution in [-0.4, -0.2) is 9.59 Å². The van der Waals surface area contributed by atoms with Crippen LogP contribution in [0.2, 0.25) is 0 Å². The molecule has 0 aliphatic carbocycles. The number of nitrogens with zero attached hydrogens (tertiary/aromatic N) is 2. The maximum Gasteiger partial charge on any atom is 0.0922 e. The van der Waals surface area contributed by atoms with Crippen molar-refractivity contribution in [2.75, 3.05) is 0 Å². The summed E-state index contributed by atoms with van der Waals surface area (Å²) in [7, 11) is 0. The van der Waals surface area contributed by atoms with Crippen LogP contribution in [-0.2, 0) is 0 Å².